The minimum absolute atomic E-state index is 0.0278. The van der Waals surface area contributed by atoms with Gasteiger partial charge in [-0.3, -0.25) is 4.79 Å². The Morgan fingerprint density at radius 3 is 3.19 bits per heavy atom. The van der Waals surface area contributed by atoms with E-state index in [0.717, 1.165) is 19.5 Å². The average Bonchev–Trinajstić information content (AvgIpc) is 2.53. The smallest absolute Gasteiger partial charge is 0.255 e. The van der Waals surface area contributed by atoms with Crippen molar-refractivity contribution in [3.05, 3.63) is 23.7 Å². The molecule has 1 aromatic heterocycles. The van der Waals surface area contributed by atoms with E-state index < -0.39 is 0 Å². The van der Waals surface area contributed by atoms with Crippen LogP contribution in [0, 0.1) is 6.92 Å². The zero-order chi connectivity index (χ0) is 11.4. The molecule has 0 radical (unpaired) electrons. The summed E-state index contributed by atoms with van der Waals surface area (Å²) in [6, 6.07) is 1.96. The van der Waals surface area contributed by atoms with E-state index in [0.29, 0.717) is 11.3 Å². The highest BCUT2D eigenvalue weighted by Gasteiger charge is 2.17. The van der Waals surface area contributed by atoms with Crippen LogP contribution in [0.25, 0.3) is 0 Å². The molecule has 16 heavy (non-hydrogen) atoms. The Hall–Kier alpha value is -1.29. The molecule has 2 heterocycles. The SMILES string of the molecule is Cc1occc1C(=O)NC1CCCCNC1. The molecule has 1 fully saturated rings. The van der Waals surface area contributed by atoms with E-state index in [9.17, 15) is 4.79 Å². The zero-order valence-electron chi connectivity index (χ0n) is 9.58. The van der Waals surface area contributed by atoms with Gasteiger partial charge in [-0.05, 0) is 32.4 Å². The van der Waals surface area contributed by atoms with Crippen molar-refractivity contribution in [1.82, 2.24) is 10.6 Å². The maximum absolute atomic E-state index is 11.9. The molecule has 0 bridgehead atoms. The third kappa shape index (κ3) is 2.64. The minimum Gasteiger partial charge on any atom is -0.469 e. The second-order valence-electron chi connectivity index (χ2n) is 4.26. The summed E-state index contributed by atoms with van der Waals surface area (Å²) in [6.45, 7) is 3.72. The second-order valence-corrected chi connectivity index (χ2v) is 4.26. The third-order valence-corrected chi connectivity index (χ3v) is 2.99. The van der Waals surface area contributed by atoms with Crippen LogP contribution in [0.5, 0.6) is 0 Å². The number of furan rings is 1. The molecule has 1 saturated heterocycles. The minimum atomic E-state index is -0.0278. The molecule has 1 aliphatic rings. The summed E-state index contributed by atoms with van der Waals surface area (Å²) in [6.07, 6.45) is 4.96. The molecule has 2 N–H and O–H groups in total. The first-order chi connectivity index (χ1) is 7.77. The van der Waals surface area contributed by atoms with E-state index in [2.05, 4.69) is 10.6 Å². The van der Waals surface area contributed by atoms with E-state index in [1.165, 1.54) is 12.8 Å². The van der Waals surface area contributed by atoms with Gasteiger partial charge in [0.25, 0.3) is 5.91 Å². The maximum atomic E-state index is 11.9. The number of nitrogens with one attached hydrogen (secondary N) is 2. The highest BCUT2D eigenvalue weighted by atomic mass is 16.3. The number of aryl methyl sites for hydroxylation is 1. The van der Waals surface area contributed by atoms with Crippen molar-refractivity contribution in [3.8, 4) is 0 Å². The molecule has 88 valence electrons. The highest BCUT2D eigenvalue weighted by molar-refractivity contribution is 5.95. The van der Waals surface area contributed by atoms with E-state index in [-0.39, 0.29) is 11.9 Å². The molecule has 1 unspecified atom stereocenters. The van der Waals surface area contributed by atoms with Gasteiger partial charge in [-0.15, -0.1) is 0 Å². The van der Waals surface area contributed by atoms with Gasteiger partial charge in [-0.1, -0.05) is 6.42 Å². The van der Waals surface area contributed by atoms with Crippen LogP contribution in [-0.4, -0.2) is 25.0 Å². The fourth-order valence-electron chi connectivity index (χ4n) is 2.03. The van der Waals surface area contributed by atoms with Crippen LogP contribution in [0.1, 0.15) is 35.4 Å². The number of rotatable bonds is 2. The summed E-state index contributed by atoms with van der Waals surface area (Å²) in [5, 5.41) is 6.37. The van der Waals surface area contributed by atoms with Crippen molar-refractivity contribution in [2.24, 2.45) is 0 Å². The lowest BCUT2D eigenvalue weighted by molar-refractivity contribution is 0.0934. The van der Waals surface area contributed by atoms with E-state index in [1.807, 2.05) is 0 Å². The Bertz CT molecular complexity index is 352. The van der Waals surface area contributed by atoms with E-state index >= 15 is 0 Å². The van der Waals surface area contributed by atoms with Crippen molar-refractivity contribution in [2.45, 2.75) is 32.2 Å². The van der Waals surface area contributed by atoms with Crippen molar-refractivity contribution >= 4 is 5.91 Å². The Kier molecular flexibility index (Phi) is 3.62. The normalized spacial score (nSPS) is 21.4. The topological polar surface area (TPSA) is 54.3 Å². The van der Waals surface area contributed by atoms with Crippen LogP contribution >= 0.6 is 0 Å². The first-order valence-corrected chi connectivity index (χ1v) is 5.83. The van der Waals surface area contributed by atoms with E-state index in [4.69, 9.17) is 4.42 Å². The largest absolute Gasteiger partial charge is 0.469 e. The molecule has 1 aliphatic heterocycles. The zero-order valence-corrected chi connectivity index (χ0v) is 9.58. The number of hydrogen-bond acceptors (Lipinski definition) is 3. The summed E-state index contributed by atoms with van der Waals surface area (Å²) in [5.41, 5.74) is 0.643. The number of carbonyl (C=O) groups is 1. The molecule has 0 spiro atoms. The Balaban J connectivity index is 1.93. The van der Waals surface area contributed by atoms with Gasteiger partial charge in [-0.25, -0.2) is 0 Å². The fourth-order valence-corrected chi connectivity index (χ4v) is 2.03. The lowest BCUT2D eigenvalue weighted by Crippen LogP contribution is -2.40. The van der Waals surface area contributed by atoms with Crippen molar-refractivity contribution in [2.75, 3.05) is 13.1 Å². The van der Waals surface area contributed by atoms with Crippen LogP contribution in [0.2, 0.25) is 0 Å². The third-order valence-electron chi connectivity index (χ3n) is 2.99. The lowest BCUT2D eigenvalue weighted by Gasteiger charge is -2.15. The van der Waals surface area contributed by atoms with Crippen LogP contribution < -0.4 is 10.6 Å². The Morgan fingerprint density at radius 1 is 1.56 bits per heavy atom. The number of amides is 1. The quantitative estimate of drug-likeness (QED) is 0.796. The summed E-state index contributed by atoms with van der Waals surface area (Å²) in [5.74, 6) is 0.652. The first kappa shape index (κ1) is 11.2. The lowest BCUT2D eigenvalue weighted by atomic mass is 10.1. The molecule has 1 atom stereocenters. The van der Waals surface area contributed by atoms with Gasteiger partial charge >= 0.3 is 0 Å². The number of carbonyl (C=O) groups excluding carboxylic acids is 1. The van der Waals surface area contributed by atoms with Crippen molar-refractivity contribution in [1.29, 1.82) is 0 Å². The van der Waals surface area contributed by atoms with Gasteiger partial charge in [0.1, 0.15) is 5.76 Å². The first-order valence-electron chi connectivity index (χ1n) is 5.83. The molecular formula is C12H18N2O2. The Morgan fingerprint density at radius 2 is 2.44 bits per heavy atom. The fraction of sp³-hybridized carbons (Fsp3) is 0.583. The Labute approximate surface area is 95.4 Å². The molecule has 1 amide bonds. The van der Waals surface area contributed by atoms with Crippen LogP contribution in [0.3, 0.4) is 0 Å². The number of hydrogen-bond donors (Lipinski definition) is 2. The molecule has 4 nitrogen and oxygen atoms in total. The van der Waals surface area contributed by atoms with Crippen molar-refractivity contribution in [3.63, 3.8) is 0 Å². The second kappa shape index (κ2) is 5.16. The summed E-state index contributed by atoms with van der Waals surface area (Å²) >= 11 is 0. The predicted octanol–water partition coefficient (Wildman–Crippen LogP) is 1.46. The van der Waals surface area contributed by atoms with Gasteiger partial charge in [0.2, 0.25) is 0 Å². The van der Waals surface area contributed by atoms with Gasteiger partial charge in [0, 0.05) is 12.6 Å². The summed E-state index contributed by atoms with van der Waals surface area (Å²) in [7, 11) is 0. The van der Waals surface area contributed by atoms with Gasteiger partial charge in [0.05, 0.1) is 11.8 Å². The van der Waals surface area contributed by atoms with Gasteiger partial charge in [0.15, 0.2) is 0 Å². The maximum Gasteiger partial charge on any atom is 0.255 e. The van der Waals surface area contributed by atoms with Crippen LogP contribution in [-0.2, 0) is 0 Å². The van der Waals surface area contributed by atoms with Gasteiger partial charge < -0.3 is 15.1 Å². The van der Waals surface area contributed by atoms with Gasteiger partial charge in [-0.2, -0.15) is 0 Å². The van der Waals surface area contributed by atoms with E-state index in [1.54, 1.807) is 19.3 Å². The molecular weight excluding hydrogens is 204 g/mol. The molecule has 0 aromatic carbocycles. The molecule has 0 aliphatic carbocycles. The summed E-state index contributed by atoms with van der Waals surface area (Å²) < 4.78 is 5.12. The summed E-state index contributed by atoms with van der Waals surface area (Å²) in [4.78, 5) is 11.9. The molecule has 2 rings (SSSR count). The van der Waals surface area contributed by atoms with Crippen LogP contribution in [0.15, 0.2) is 16.7 Å². The standard InChI is InChI=1S/C12H18N2O2/c1-9-11(5-7-16-9)12(15)14-10-4-2-3-6-13-8-10/h5,7,10,13H,2-4,6,8H2,1H3,(H,14,15). The molecule has 4 heteroatoms. The predicted molar refractivity (Wildman–Crippen MR) is 61.4 cm³/mol. The molecule has 0 saturated carbocycles. The van der Waals surface area contributed by atoms with Crippen LogP contribution in [0.4, 0.5) is 0 Å². The molecule has 1 aromatic rings. The highest BCUT2D eigenvalue weighted by Crippen LogP contribution is 2.10. The average molecular weight is 222 g/mol. The van der Waals surface area contributed by atoms with Crippen molar-refractivity contribution < 1.29 is 9.21 Å². The monoisotopic (exact) mass is 222 g/mol.